The molecule has 2 saturated carbocycles. The number of hydrogen-bond donors (Lipinski definition) is 2. The number of aromatic nitrogens is 6. The highest BCUT2D eigenvalue weighted by molar-refractivity contribution is 6.01. The Bertz CT molecular complexity index is 2050. The van der Waals surface area contributed by atoms with E-state index in [-0.39, 0.29) is 11.7 Å². The van der Waals surface area contributed by atoms with E-state index in [1.54, 1.807) is 12.3 Å². The van der Waals surface area contributed by atoms with Crippen LogP contribution >= 0.6 is 0 Å². The quantitative estimate of drug-likeness (QED) is 0.204. The van der Waals surface area contributed by atoms with Gasteiger partial charge in [0.1, 0.15) is 11.6 Å². The van der Waals surface area contributed by atoms with E-state index in [2.05, 4.69) is 48.7 Å². The summed E-state index contributed by atoms with van der Waals surface area (Å²) in [5.41, 5.74) is 7.93. The topological polar surface area (TPSA) is 93.4 Å². The highest BCUT2D eigenvalue weighted by atomic mass is 19.1. The van der Waals surface area contributed by atoms with Crippen LogP contribution in [0, 0.1) is 12.7 Å². The van der Waals surface area contributed by atoms with Gasteiger partial charge in [0.2, 0.25) is 0 Å². The van der Waals surface area contributed by atoms with Gasteiger partial charge in [0.15, 0.2) is 0 Å². The third-order valence-electron chi connectivity index (χ3n) is 10.1. The first-order valence-corrected chi connectivity index (χ1v) is 16.0. The molecule has 6 aromatic rings. The van der Waals surface area contributed by atoms with Crippen molar-refractivity contribution in [1.29, 1.82) is 0 Å². The van der Waals surface area contributed by atoms with E-state index in [4.69, 9.17) is 4.98 Å². The molecule has 0 unspecified atom stereocenters. The summed E-state index contributed by atoms with van der Waals surface area (Å²) >= 11 is 0. The predicted molar refractivity (Wildman–Crippen MR) is 173 cm³/mol. The van der Waals surface area contributed by atoms with Gasteiger partial charge in [-0.15, -0.1) is 0 Å². The smallest absolute Gasteiger partial charge is 0.252 e. The SMILES string of the molecule is Cc1c(-c2ccc(F)cn2)n(C2CCCCC2)c2ccc(C(=O)NC3(c4nc5ccc(-c6ccn[nH]6)cc5n4C)CCC3)cc12. The third-order valence-corrected chi connectivity index (χ3v) is 10.1. The van der Waals surface area contributed by atoms with Crippen LogP contribution in [0.15, 0.2) is 67.0 Å². The highest BCUT2D eigenvalue weighted by Gasteiger charge is 2.44. The molecule has 8 rings (SSSR count). The summed E-state index contributed by atoms with van der Waals surface area (Å²) < 4.78 is 18.4. The van der Waals surface area contributed by atoms with Gasteiger partial charge >= 0.3 is 0 Å². The number of rotatable bonds is 6. The number of carbonyl (C=O) groups excluding carboxylic acids is 1. The maximum absolute atomic E-state index is 14.0. The van der Waals surface area contributed by atoms with Gasteiger partial charge in [0.05, 0.1) is 39.9 Å². The summed E-state index contributed by atoms with van der Waals surface area (Å²) in [5.74, 6) is 0.428. The summed E-state index contributed by atoms with van der Waals surface area (Å²) in [6, 6.07) is 17.8. The van der Waals surface area contributed by atoms with E-state index in [1.807, 2.05) is 37.4 Å². The highest BCUT2D eigenvalue weighted by Crippen LogP contribution is 2.43. The lowest BCUT2D eigenvalue weighted by Gasteiger charge is -2.41. The normalized spacial score (nSPS) is 16.7. The number of nitrogens with one attached hydrogen (secondary N) is 2. The van der Waals surface area contributed by atoms with E-state index in [0.29, 0.717) is 11.6 Å². The van der Waals surface area contributed by atoms with Crippen molar-refractivity contribution in [3.05, 3.63) is 89.8 Å². The van der Waals surface area contributed by atoms with Crippen LogP contribution in [-0.2, 0) is 12.6 Å². The van der Waals surface area contributed by atoms with Crippen molar-refractivity contribution in [3.63, 3.8) is 0 Å². The number of halogens is 1. The van der Waals surface area contributed by atoms with Gasteiger partial charge in [0, 0.05) is 41.3 Å². The van der Waals surface area contributed by atoms with Crippen LogP contribution in [0.1, 0.15) is 79.2 Å². The first-order valence-electron chi connectivity index (χ1n) is 16.0. The van der Waals surface area contributed by atoms with Crippen LogP contribution in [-0.4, -0.2) is 35.2 Å². The molecule has 0 spiro atoms. The minimum atomic E-state index is -0.528. The molecule has 0 saturated heterocycles. The Balaban J connectivity index is 1.16. The fraction of sp³-hybridized carbons (Fsp3) is 0.333. The average molecular weight is 602 g/mol. The third kappa shape index (κ3) is 4.55. The summed E-state index contributed by atoms with van der Waals surface area (Å²) in [6.45, 7) is 2.09. The number of nitrogens with zero attached hydrogens (tertiary/aromatic N) is 5. The number of aryl methyl sites for hydroxylation is 2. The molecule has 4 aromatic heterocycles. The Morgan fingerprint density at radius 2 is 1.84 bits per heavy atom. The molecule has 0 aliphatic heterocycles. The fourth-order valence-electron chi connectivity index (χ4n) is 7.59. The van der Waals surface area contributed by atoms with Gasteiger partial charge in [-0.05, 0) is 93.1 Å². The number of pyridine rings is 1. The second-order valence-corrected chi connectivity index (χ2v) is 12.8. The molecule has 228 valence electrons. The molecule has 0 radical (unpaired) electrons. The van der Waals surface area contributed by atoms with Crippen molar-refractivity contribution >= 4 is 27.8 Å². The number of hydrogen-bond acceptors (Lipinski definition) is 4. The van der Waals surface area contributed by atoms with E-state index in [0.717, 1.165) is 88.1 Å². The number of H-pyrrole nitrogens is 1. The van der Waals surface area contributed by atoms with Crippen LogP contribution in [0.3, 0.4) is 0 Å². The number of amides is 1. The lowest BCUT2D eigenvalue weighted by atomic mass is 9.75. The standard InChI is InChI=1S/C36H36FN7O/c1-22-27-19-24(10-14-31(27)44(26-7-4-3-5-8-26)33(22)30-13-11-25(37)21-38-30)34(45)41-36(16-6-17-36)35-40-29-12-9-23(20-32(29)43(35)2)28-15-18-39-42-28/h9-15,18-21,26H,3-8,16-17H2,1-2H3,(H,39,42)(H,41,45). The van der Waals surface area contributed by atoms with Crippen molar-refractivity contribution in [2.45, 2.75) is 69.9 Å². The van der Waals surface area contributed by atoms with E-state index >= 15 is 0 Å². The van der Waals surface area contributed by atoms with Crippen molar-refractivity contribution in [1.82, 2.24) is 34.6 Å². The van der Waals surface area contributed by atoms with Gasteiger partial charge in [0.25, 0.3) is 5.91 Å². The monoisotopic (exact) mass is 601 g/mol. The Morgan fingerprint density at radius 1 is 1.00 bits per heavy atom. The Kier molecular flexibility index (Phi) is 6.58. The molecule has 9 heteroatoms. The minimum absolute atomic E-state index is 0.104. The summed E-state index contributed by atoms with van der Waals surface area (Å²) in [6.07, 6.45) is 11.6. The minimum Gasteiger partial charge on any atom is -0.339 e. The molecule has 0 bridgehead atoms. The summed E-state index contributed by atoms with van der Waals surface area (Å²) in [4.78, 5) is 23.5. The van der Waals surface area contributed by atoms with Crippen LogP contribution in [0.5, 0.6) is 0 Å². The molecule has 2 N–H and O–H groups in total. The number of aromatic amines is 1. The van der Waals surface area contributed by atoms with Gasteiger partial charge in [-0.3, -0.25) is 14.9 Å². The summed E-state index contributed by atoms with van der Waals surface area (Å²) in [5, 5.41) is 11.6. The van der Waals surface area contributed by atoms with Crippen molar-refractivity contribution in [2.24, 2.45) is 7.05 Å². The van der Waals surface area contributed by atoms with E-state index < -0.39 is 5.54 Å². The second kappa shape index (κ2) is 10.7. The van der Waals surface area contributed by atoms with Gasteiger partial charge in [-0.25, -0.2) is 9.37 Å². The molecule has 1 amide bonds. The second-order valence-electron chi connectivity index (χ2n) is 12.8. The first kappa shape index (κ1) is 27.7. The van der Waals surface area contributed by atoms with E-state index in [9.17, 15) is 9.18 Å². The lowest BCUT2D eigenvalue weighted by Crippen LogP contribution is -2.52. The number of fused-ring (bicyclic) bond motifs is 2. The van der Waals surface area contributed by atoms with Gasteiger partial charge in [-0.1, -0.05) is 25.3 Å². The molecule has 45 heavy (non-hydrogen) atoms. The van der Waals surface area contributed by atoms with Crippen molar-refractivity contribution in [2.75, 3.05) is 0 Å². The zero-order valence-electron chi connectivity index (χ0n) is 25.6. The molecule has 2 aliphatic carbocycles. The molecule has 0 atom stereocenters. The lowest BCUT2D eigenvalue weighted by molar-refractivity contribution is 0.0805. The van der Waals surface area contributed by atoms with Crippen LogP contribution in [0.2, 0.25) is 0 Å². The number of imidazole rings is 1. The number of carbonyl (C=O) groups is 1. The number of benzene rings is 2. The maximum Gasteiger partial charge on any atom is 0.252 e. The first-order chi connectivity index (χ1) is 21.9. The van der Waals surface area contributed by atoms with E-state index in [1.165, 1.54) is 31.5 Å². The molecule has 8 nitrogen and oxygen atoms in total. The maximum atomic E-state index is 14.0. The molecule has 2 fully saturated rings. The molecule has 2 aromatic carbocycles. The average Bonchev–Trinajstić information content (AvgIpc) is 3.77. The molecule has 4 heterocycles. The van der Waals surface area contributed by atoms with Crippen LogP contribution < -0.4 is 5.32 Å². The Morgan fingerprint density at radius 3 is 2.56 bits per heavy atom. The van der Waals surface area contributed by atoms with Gasteiger partial charge < -0.3 is 14.5 Å². The van der Waals surface area contributed by atoms with Crippen LogP contribution in [0.25, 0.3) is 44.6 Å². The Labute approximate surface area is 260 Å². The summed E-state index contributed by atoms with van der Waals surface area (Å²) in [7, 11) is 2.03. The fourth-order valence-corrected chi connectivity index (χ4v) is 7.59. The molecular weight excluding hydrogens is 565 g/mol. The Hall–Kier alpha value is -4.79. The molecule has 2 aliphatic rings. The zero-order chi connectivity index (χ0) is 30.7. The van der Waals surface area contributed by atoms with Gasteiger partial charge in [-0.2, -0.15) is 5.10 Å². The van der Waals surface area contributed by atoms with Crippen molar-refractivity contribution in [3.8, 4) is 22.6 Å². The zero-order valence-corrected chi connectivity index (χ0v) is 25.6. The van der Waals surface area contributed by atoms with Crippen LogP contribution in [0.4, 0.5) is 4.39 Å². The largest absolute Gasteiger partial charge is 0.339 e. The van der Waals surface area contributed by atoms with Crippen molar-refractivity contribution < 1.29 is 9.18 Å². The molecular formula is C36H36FN7O. The predicted octanol–water partition coefficient (Wildman–Crippen LogP) is 7.74.